The highest BCUT2D eigenvalue weighted by atomic mass is 16.6. The Morgan fingerprint density at radius 1 is 1.42 bits per heavy atom. The van der Waals surface area contributed by atoms with Gasteiger partial charge in [0, 0.05) is 0 Å². The van der Waals surface area contributed by atoms with Crippen molar-refractivity contribution < 1.29 is 19.1 Å². The van der Waals surface area contributed by atoms with Crippen molar-refractivity contribution in [3.63, 3.8) is 0 Å². The number of carbonyl (C=O) groups is 2. The summed E-state index contributed by atoms with van der Waals surface area (Å²) >= 11 is 0. The maximum atomic E-state index is 10.7. The Morgan fingerprint density at radius 2 is 2.00 bits per heavy atom. The fourth-order valence-corrected chi connectivity index (χ4v) is 0.612. The van der Waals surface area contributed by atoms with Crippen LogP contribution in [0.1, 0.15) is 19.8 Å². The Balaban J connectivity index is 3.76. The van der Waals surface area contributed by atoms with E-state index in [1.54, 1.807) is 0 Å². The van der Waals surface area contributed by atoms with Gasteiger partial charge in [-0.05, 0) is 6.42 Å². The van der Waals surface area contributed by atoms with E-state index >= 15 is 0 Å². The fraction of sp³-hybridized carbons (Fsp3) is 0.714. The summed E-state index contributed by atoms with van der Waals surface area (Å²) in [5.74, 6) is -2.07. The minimum absolute atomic E-state index is 0.530. The summed E-state index contributed by atoms with van der Waals surface area (Å²) in [5, 5.41) is 0. The molecule has 0 aromatic carbocycles. The predicted octanol–water partition coefficient (Wildman–Crippen LogP) is -0.213. The molecule has 0 saturated heterocycles. The second-order valence-corrected chi connectivity index (χ2v) is 2.22. The smallest absolute Gasteiger partial charge is 0.419 e. The van der Waals surface area contributed by atoms with Crippen LogP contribution in [0.3, 0.4) is 0 Å². The van der Waals surface area contributed by atoms with Crippen molar-refractivity contribution in [2.45, 2.75) is 26.0 Å². The zero-order valence-electron chi connectivity index (χ0n) is 7.20. The van der Waals surface area contributed by atoms with Crippen LogP contribution in [0, 0.1) is 0 Å². The lowest BCUT2D eigenvalue weighted by Gasteiger charge is -2.09. The van der Waals surface area contributed by atoms with Crippen LogP contribution >= 0.6 is 0 Å². The summed E-state index contributed by atoms with van der Waals surface area (Å²) in [6, 6.07) is 0. The third kappa shape index (κ3) is 3.92. The molecule has 0 aliphatic rings. The summed E-state index contributed by atoms with van der Waals surface area (Å²) in [7, 11) is 1.11. The Bertz CT molecular complexity index is 169. The largest absolute Gasteiger partial charge is 0.461 e. The molecule has 0 heterocycles. The first-order valence-corrected chi connectivity index (χ1v) is 3.66. The van der Waals surface area contributed by atoms with Crippen LogP contribution in [0.4, 0.5) is 0 Å². The van der Waals surface area contributed by atoms with Gasteiger partial charge in [0.2, 0.25) is 0 Å². The number of hydrogen-bond acceptors (Lipinski definition) is 5. The molecule has 0 spiro atoms. The molecule has 0 aromatic rings. The first-order valence-electron chi connectivity index (χ1n) is 3.66. The van der Waals surface area contributed by atoms with Crippen molar-refractivity contribution in [3.05, 3.63) is 0 Å². The van der Waals surface area contributed by atoms with Gasteiger partial charge in [-0.1, -0.05) is 13.3 Å². The Labute approximate surface area is 70.8 Å². The molecule has 0 aliphatic heterocycles. The first-order chi connectivity index (χ1) is 5.61. The molecule has 2 N–H and O–H groups in total. The topological polar surface area (TPSA) is 78.6 Å². The third-order valence-electron chi connectivity index (χ3n) is 1.18. The molecule has 0 radical (unpaired) electrons. The van der Waals surface area contributed by atoms with Crippen LogP contribution in [0.5, 0.6) is 0 Å². The van der Waals surface area contributed by atoms with Gasteiger partial charge in [-0.25, -0.2) is 9.59 Å². The number of carbonyl (C=O) groups excluding carboxylic acids is 2. The lowest BCUT2D eigenvalue weighted by Crippen LogP contribution is -2.31. The van der Waals surface area contributed by atoms with Crippen LogP contribution in [0.25, 0.3) is 0 Å². The van der Waals surface area contributed by atoms with Crippen LogP contribution in [-0.4, -0.2) is 25.3 Å². The van der Waals surface area contributed by atoms with Crippen molar-refractivity contribution in [3.8, 4) is 0 Å². The van der Waals surface area contributed by atoms with E-state index in [0.717, 1.165) is 13.5 Å². The highest BCUT2D eigenvalue weighted by molar-refractivity contribution is 6.29. The number of hydrogen-bond donors (Lipinski definition) is 1. The average Bonchev–Trinajstić information content (AvgIpc) is 2.03. The van der Waals surface area contributed by atoms with Crippen LogP contribution in [0.2, 0.25) is 0 Å². The maximum Gasteiger partial charge on any atom is 0.419 e. The predicted molar refractivity (Wildman–Crippen MR) is 41.0 cm³/mol. The number of methoxy groups -OCH3 is 1. The van der Waals surface area contributed by atoms with Gasteiger partial charge in [-0.2, -0.15) is 0 Å². The van der Waals surface area contributed by atoms with Crippen molar-refractivity contribution >= 4 is 11.9 Å². The van der Waals surface area contributed by atoms with Gasteiger partial charge in [-0.3, -0.25) is 5.73 Å². The molecule has 70 valence electrons. The van der Waals surface area contributed by atoms with E-state index in [1.807, 2.05) is 6.92 Å². The Kier molecular flexibility index (Phi) is 5.03. The molecule has 12 heavy (non-hydrogen) atoms. The number of ether oxygens (including phenoxy) is 2. The second kappa shape index (κ2) is 5.54. The van der Waals surface area contributed by atoms with Gasteiger partial charge in [0.05, 0.1) is 7.11 Å². The molecule has 0 aliphatic carbocycles. The van der Waals surface area contributed by atoms with E-state index in [0.29, 0.717) is 6.42 Å². The summed E-state index contributed by atoms with van der Waals surface area (Å²) in [5.41, 5.74) is 5.33. The van der Waals surface area contributed by atoms with Gasteiger partial charge in [0.1, 0.15) is 0 Å². The number of esters is 2. The zero-order valence-corrected chi connectivity index (χ0v) is 7.20. The average molecular weight is 175 g/mol. The summed E-state index contributed by atoms with van der Waals surface area (Å²) < 4.78 is 8.63. The van der Waals surface area contributed by atoms with Crippen LogP contribution < -0.4 is 5.73 Å². The minimum atomic E-state index is -1.04. The maximum absolute atomic E-state index is 10.7. The molecule has 5 heteroatoms. The van der Waals surface area contributed by atoms with Crippen LogP contribution in [-0.2, 0) is 19.1 Å². The Hall–Kier alpha value is -1.10. The highest BCUT2D eigenvalue weighted by Gasteiger charge is 2.18. The molecule has 0 aromatic heterocycles. The molecule has 0 rings (SSSR count). The standard InChI is InChI=1S/C7H13NO4/c1-3-4-5(8)12-7(10)6(9)11-2/h5H,3-4,8H2,1-2H3. The Morgan fingerprint density at radius 3 is 2.42 bits per heavy atom. The molecular formula is C7H13NO4. The van der Waals surface area contributed by atoms with Crippen molar-refractivity contribution in [1.29, 1.82) is 0 Å². The first kappa shape index (κ1) is 10.9. The normalized spacial score (nSPS) is 11.9. The van der Waals surface area contributed by atoms with E-state index in [9.17, 15) is 9.59 Å². The van der Waals surface area contributed by atoms with E-state index in [2.05, 4.69) is 9.47 Å². The molecule has 0 saturated carbocycles. The third-order valence-corrected chi connectivity index (χ3v) is 1.18. The van der Waals surface area contributed by atoms with Gasteiger partial charge in [-0.15, -0.1) is 0 Å². The summed E-state index contributed by atoms with van der Waals surface area (Å²) in [4.78, 5) is 21.2. The zero-order chi connectivity index (χ0) is 9.56. The fourth-order valence-electron chi connectivity index (χ4n) is 0.612. The summed E-state index contributed by atoms with van der Waals surface area (Å²) in [6.45, 7) is 1.89. The lowest BCUT2D eigenvalue weighted by atomic mass is 10.3. The second-order valence-electron chi connectivity index (χ2n) is 2.22. The van der Waals surface area contributed by atoms with Gasteiger partial charge >= 0.3 is 11.9 Å². The van der Waals surface area contributed by atoms with E-state index in [1.165, 1.54) is 0 Å². The molecule has 0 amide bonds. The quantitative estimate of drug-likeness (QED) is 0.364. The minimum Gasteiger partial charge on any atom is -0.461 e. The SMILES string of the molecule is CCCC(N)OC(=O)C(=O)OC. The molecule has 0 bridgehead atoms. The lowest BCUT2D eigenvalue weighted by molar-refractivity contribution is -0.169. The van der Waals surface area contributed by atoms with Gasteiger partial charge in [0.15, 0.2) is 6.23 Å². The van der Waals surface area contributed by atoms with Gasteiger partial charge < -0.3 is 9.47 Å². The number of nitrogens with two attached hydrogens (primary N) is 1. The molecule has 1 unspecified atom stereocenters. The van der Waals surface area contributed by atoms with Crippen molar-refractivity contribution in [2.24, 2.45) is 5.73 Å². The van der Waals surface area contributed by atoms with Crippen molar-refractivity contribution in [1.82, 2.24) is 0 Å². The summed E-state index contributed by atoms with van der Waals surface area (Å²) in [6.07, 6.45) is 0.597. The van der Waals surface area contributed by atoms with E-state index in [-0.39, 0.29) is 0 Å². The number of rotatable bonds is 3. The highest BCUT2D eigenvalue weighted by Crippen LogP contribution is 1.96. The molecule has 0 fully saturated rings. The van der Waals surface area contributed by atoms with Crippen LogP contribution in [0.15, 0.2) is 0 Å². The molecule has 1 atom stereocenters. The van der Waals surface area contributed by atoms with E-state index in [4.69, 9.17) is 5.73 Å². The molecule has 5 nitrogen and oxygen atoms in total. The van der Waals surface area contributed by atoms with E-state index < -0.39 is 18.2 Å². The van der Waals surface area contributed by atoms with Gasteiger partial charge in [0.25, 0.3) is 0 Å². The monoisotopic (exact) mass is 175 g/mol. The van der Waals surface area contributed by atoms with Crippen molar-refractivity contribution in [2.75, 3.05) is 7.11 Å². The molecular weight excluding hydrogens is 162 g/mol.